The summed E-state index contributed by atoms with van der Waals surface area (Å²) in [4.78, 5) is 170. The Morgan fingerprint density at radius 1 is 0.740 bits per heavy atom. The number of H-pyrrole nitrogens is 1. The van der Waals surface area contributed by atoms with Gasteiger partial charge in [0.25, 0.3) is 0 Å². The molecular weight excluding hydrogens is 997 g/mol. The molecule has 1 aromatic rings. The number of phosphoric acid groups is 1. The van der Waals surface area contributed by atoms with Gasteiger partial charge in [-0.05, 0) is 46.5 Å². The summed E-state index contributed by atoms with van der Waals surface area (Å²) in [6, 6.07) is -16.4. The lowest BCUT2D eigenvalue weighted by Gasteiger charge is -2.32. The molecule has 0 aromatic carbocycles. The van der Waals surface area contributed by atoms with Gasteiger partial charge in [-0.25, -0.2) is 14.3 Å². The van der Waals surface area contributed by atoms with E-state index in [2.05, 4.69) is 46.4 Å². The van der Waals surface area contributed by atoms with Crippen LogP contribution in [0.1, 0.15) is 66.5 Å². The van der Waals surface area contributed by atoms with Gasteiger partial charge < -0.3 is 94.1 Å². The number of carbonyl (C=O) groups is 11. The van der Waals surface area contributed by atoms with E-state index in [4.69, 9.17) is 11.5 Å². The number of amides is 10. The van der Waals surface area contributed by atoms with Crippen LogP contribution in [0, 0.1) is 5.92 Å². The standard InChI is InChI=1S/C40H66N13O19P/c1-16(2)28(37(64)47-23(40(67)68)10-21-12-43-15-44-21)50-33(60)22(11-27(42)57)46-36(63)26-8-7-9-53(26)39(66)30(20(6)56)52-35(62)25(14-72-73(69,70)71)49-38(65)29(19(5)55)51-34(61)24(13-54)48-32(59)18(4)45-31(58)17(3)41/h12,15-20,22-26,28-30,54-56H,7-11,13-14,41H2,1-6H3,(H2,42,57)(H,43,44)(H,45,58)(H,46,63)(H,47,64)(H,48,59)(H,49,65)(H,50,60)(H,51,61)(H,52,62)(H,67,68)(H2,69,70,71)/t17-,18-,19+,20+,22-,23-,24-,25-,26-,28-,29-,30-/m0/s1. The number of aromatic nitrogens is 2. The first kappa shape index (κ1) is 62.4. The predicted octanol–water partition coefficient (Wildman–Crippen LogP) is -8.33. The summed E-state index contributed by atoms with van der Waals surface area (Å²) in [6.45, 7) is 4.99. The number of carboxylic acid groups (broad SMARTS) is 1. The molecule has 33 heteroatoms. The van der Waals surface area contributed by atoms with Crippen LogP contribution in [0.5, 0.6) is 0 Å². The molecule has 32 nitrogen and oxygen atoms in total. The highest BCUT2D eigenvalue weighted by Crippen LogP contribution is 2.35. The van der Waals surface area contributed by atoms with Crippen LogP contribution >= 0.6 is 7.82 Å². The number of likely N-dealkylation sites (tertiary alicyclic amines) is 1. The van der Waals surface area contributed by atoms with E-state index < -0.39 is 171 Å². The number of aliphatic hydroxyl groups is 3. The van der Waals surface area contributed by atoms with E-state index in [-0.39, 0.29) is 25.8 Å². The number of primary amides is 1. The molecule has 12 atom stereocenters. The second kappa shape index (κ2) is 28.5. The van der Waals surface area contributed by atoms with E-state index in [1.807, 2.05) is 10.6 Å². The van der Waals surface area contributed by atoms with Crippen LogP contribution in [0.4, 0.5) is 0 Å². The smallest absolute Gasteiger partial charge is 0.469 e. The topological polar surface area (TPSA) is 516 Å². The molecule has 0 unspecified atom stereocenters. The van der Waals surface area contributed by atoms with Crippen LogP contribution in [-0.2, 0) is 68.2 Å². The third kappa shape index (κ3) is 20.0. The summed E-state index contributed by atoms with van der Waals surface area (Å²) in [7, 11) is -5.42. The van der Waals surface area contributed by atoms with Crippen molar-refractivity contribution in [3.63, 3.8) is 0 Å². The van der Waals surface area contributed by atoms with Crippen LogP contribution in [0.15, 0.2) is 12.5 Å². The van der Waals surface area contributed by atoms with E-state index in [0.29, 0.717) is 5.69 Å². The van der Waals surface area contributed by atoms with Gasteiger partial charge in [-0.1, -0.05) is 13.8 Å². The molecule has 0 bridgehead atoms. The van der Waals surface area contributed by atoms with Crippen LogP contribution in [0.2, 0.25) is 0 Å². The Kier molecular flexibility index (Phi) is 24.4. The van der Waals surface area contributed by atoms with Crippen molar-refractivity contribution in [2.24, 2.45) is 17.4 Å². The number of phosphoric ester groups is 1. The van der Waals surface area contributed by atoms with Gasteiger partial charge in [-0.15, -0.1) is 0 Å². The summed E-state index contributed by atoms with van der Waals surface area (Å²) in [5.41, 5.74) is 11.2. The number of hydrogen-bond donors (Lipinski definition) is 17. The number of aliphatic hydroxyl groups excluding tert-OH is 3. The number of aromatic amines is 1. The maximum Gasteiger partial charge on any atom is 0.469 e. The molecule has 0 spiro atoms. The fourth-order valence-electron chi connectivity index (χ4n) is 6.85. The molecule has 1 saturated heterocycles. The molecule has 1 fully saturated rings. The van der Waals surface area contributed by atoms with Gasteiger partial charge in [0, 0.05) is 24.9 Å². The largest absolute Gasteiger partial charge is 0.480 e. The Labute approximate surface area is 416 Å². The molecule has 1 aromatic heterocycles. The second-order valence-corrected chi connectivity index (χ2v) is 18.6. The maximum absolute atomic E-state index is 14.1. The molecule has 2 rings (SSSR count). The summed E-state index contributed by atoms with van der Waals surface area (Å²) in [5.74, 6) is -13.3. The Hall–Kier alpha value is -6.67. The lowest BCUT2D eigenvalue weighted by Crippen LogP contribution is -2.63. The molecule has 1 aliphatic rings. The fraction of sp³-hybridized carbons (Fsp3) is 0.650. The number of hydrogen-bond acceptors (Lipinski definition) is 18. The van der Waals surface area contributed by atoms with Gasteiger partial charge in [-0.2, -0.15) is 0 Å². The lowest BCUT2D eigenvalue weighted by atomic mass is 10.0. The molecule has 2 heterocycles. The number of aliphatic carboxylic acids is 1. The number of rotatable bonds is 29. The van der Waals surface area contributed by atoms with Crippen molar-refractivity contribution < 1.29 is 92.0 Å². The zero-order valence-corrected chi connectivity index (χ0v) is 41.5. The summed E-state index contributed by atoms with van der Waals surface area (Å²) < 4.78 is 16.1. The molecular formula is C40H66N13O19P. The van der Waals surface area contributed by atoms with Gasteiger partial charge in [0.1, 0.15) is 54.4 Å². The number of nitrogens with zero attached hydrogens (tertiary/aromatic N) is 2. The van der Waals surface area contributed by atoms with Gasteiger partial charge in [0.15, 0.2) is 0 Å². The first-order valence-electron chi connectivity index (χ1n) is 22.5. The number of nitrogens with two attached hydrogens (primary N) is 2. The van der Waals surface area contributed by atoms with Crippen molar-refractivity contribution in [1.82, 2.24) is 57.4 Å². The first-order chi connectivity index (χ1) is 33.9. The molecule has 10 amide bonds. The number of imidazole rings is 1. The average molecular weight is 1060 g/mol. The van der Waals surface area contributed by atoms with Crippen LogP contribution in [0.3, 0.4) is 0 Å². The third-order valence-electron chi connectivity index (χ3n) is 10.8. The van der Waals surface area contributed by atoms with Gasteiger partial charge in [-0.3, -0.25) is 52.5 Å². The van der Waals surface area contributed by atoms with Crippen LogP contribution < -0.4 is 54.0 Å². The molecule has 19 N–H and O–H groups in total. The number of carboxylic acids is 1. The molecule has 0 radical (unpaired) electrons. The highest BCUT2D eigenvalue weighted by Gasteiger charge is 2.42. The maximum atomic E-state index is 14.1. The van der Waals surface area contributed by atoms with E-state index in [0.717, 1.165) is 18.7 Å². The Bertz CT molecular complexity index is 2190. The average Bonchev–Trinajstić information content (AvgIpc) is 4.01. The van der Waals surface area contributed by atoms with Crippen molar-refractivity contribution in [3.05, 3.63) is 18.2 Å². The van der Waals surface area contributed by atoms with Gasteiger partial charge in [0.2, 0.25) is 59.1 Å². The fourth-order valence-corrected chi connectivity index (χ4v) is 7.19. The molecule has 1 aliphatic heterocycles. The molecule has 73 heavy (non-hydrogen) atoms. The normalized spacial score (nSPS) is 18.1. The second-order valence-electron chi connectivity index (χ2n) is 17.4. The predicted molar refractivity (Wildman–Crippen MR) is 247 cm³/mol. The summed E-state index contributed by atoms with van der Waals surface area (Å²) in [5, 5.41) is 58.3. The molecule has 0 aliphatic carbocycles. The van der Waals surface area contributed by atoms with Crippen molar-refractivity contribution >= 4 is 72.9 Å². The number of carbonyl (C=O) groups excluding carboxylic acids is 10. The minimum Gasteiger partial charge on any atom is -0.480 e. The van der Waals surface area contributed by atoms with Crippen LogP contribution in [0.25, 0.3) is 0 Å². The lowest BCUT2D eigenvalue weighted by molar-refractivity contribution is -0.145. The van der Waals surface area contributed by atoms with E-state index in [9.17, 15) is 87.5 Å². The van der Waals surface area contributed by atoms with E-state index >= 15 is 0 Å². The van der Waals surface area contributed by atoms with E-state index in [1.165, 1.54) is 40.2 Å². The van der Waals surface area contributed by atoms with E-state index in [1.54, 1.807) is 0 Å². The minimum absolute atomic E-state index is 0.0852. The van der Waals surface area contributed by atoms with Crippen molar-refractivity contribution in [3.8, 4) is 0 Å². The molecule has 0 saturated carbocycles. The summed E-state index contributed by atoms with van der Waals surface area (Å²) in [6.07, 6.45) is -1.98. The Balaban J connectivity index is 2.31. The monoisotopic (exact) mass is 1060 g/mol. The number of nitrogens with one attached hydrogen (secondary N) is 9. The SMILES string of the molecule is CC(C)[C@H](NC(=O)[C@H](CC(N)=O)NC(=O)[C@@H]1CCCN1C(=O)[C@@H](NC(=O)[C@H](COP(=O)(O)O)NC(=O)[C@@H](NC(=O)[C@H](CO)NC(=O)[C@H](C)NC(=O)[C@H](C)N)[C@@H](C)O)[C@@H](C)O)C(=O)N[C@@H](Cc1cnc[nH]1)C(=O)O. The Morgan fingerprint density at radius 3 is 1.78 bits per heavy atom. The first-order valence-corrected chi connectivity index (χ1v) is 24.1. The zero-order valence-electron chi connectivity index (χ0n) is 40.6. The third-order valence-corrected chi connectivity index (χ3v) is 11.3. The van der Waals surface area contributed by atoms with Crippen molar-refractivity contribution in [1.29, 1.82) is 0 Å². The summed E-state index contributed by atoms with van der Waals surface area (Å²) >= 11 is 0. The van der Waals surface area contributed by atoms with Gasteiger partial charge >= 0.3 is 13.8 Å². The highest BCUT2D eigenvalue weighted by molar-refractivity contribution is 7.46. The van der Waals surface area contributed by atoms with Crippen molar-refractivity contribution in [2.45, 2.75) is 140 Å². The minimum atomic E-state index is -5.42. The van der Waals surface area contributed by atoms with Crippen LogP contribution in [-0.4, -0.2) is 203 Å². The van der Waals surface area contributed by atoms with Gasteiger partial charge in [0.05, 0.1) is 44.2 Å². The Morgan fingerprint density at radius 2 is 1.27 bits per heavy atom. The zero-order chi connectivity index (χ0) is 55.7. The van der Waals surface area contributed by atoms with Crippen molar-refractivity contribution in [2.75, 3.05) is 19.8 Å². The highest BCUT2D eigenvalue weighted by atomic mass is 31.2. The quantitative estimate of drug-likeness (QED) is 0.0331. The molecule has 410 valence electrons.